The minimum atomic E-state index is -1.59. The number of rotatable bonds is 7. The van der Waals surface area contributed by atoms with Crippen LogP contribution in [0.25, 0.3) is 17.0 Å². The molecule has 1 amide bonds. The van der Waals surface area contributed by atoms with E-state index in [1.54, 1.807) is 23.0 Å². The average molecular weight is 414 g/mol. The Morgan fingerprint density at radius 1 is 1.23 bits per heavy atom. The summed E-state index contributed by atoms with van der Waals surface area (Å²) in [5, 5.41) is 19.9. The number of nitrogens with zero attached hydrogens (tertiary/aromatic N) is 4. The molecule has 0 aliphatic carbocycles. The van der Waals surface area contributed by atoms with Crippen LogP contribution in [0.15, 0.2) is 30.7 Å². The monoisotopic (exact) mass is 414 g/mol. The fourth-order valence-corrected chi connectivity index (χ4v) is 2.88. The zero-order valence-corrected chi connectivity index (χ0v) is 17.8. The summed E-state index contributed by atoms with van der Waals surface area (Å²) in [6, 6.07) is 3.73. The number of carbonyl (C=O) groups is 1. The van der Waals surface area contributed by atoms with Crippen LogP contribution in [0.1, 0.15) is 43.6 Å². The van der Waals surface area contributed by atoms with Gasteiger partial charge in [-0.25, -0.2) is 13.9 Å². The van der Waals surface area contributed by atoms with Gasteiger partial charge in [0.15, 0.2) is 5.65 Å². The number of aryl methyl sites for hydroxylation is 1. The van der Waals surface area contributed by atoms with Gasteiger partial charge in [0, 0.05) is 12.2 Å². The molecule has 3 heterocycles. The number of hydrogen-bond acceptors (Lipinski definition) is 6. The lowest BCUT2D eigenvalue weighted by molar-refractivity contribution is -0.00177. The predicted octanol–water partition coefficient (Wildman–Crippen LogP) is 2.76. The number of pyridine rings is 1. The van der Waals surface area contributed by atoms with Crippen molar-refractivity contribution in [1.29, 1.82) is 0 Å². The predicted molar refractivity (Wildman–Crippen MR) is 113 cm³/mol. The third-order valence-electron chi connectivity index (χ3n) is 4.56. The van der Waals surface area contributed by atoms with Gasteiger partial charge in [-0.1, -0.05) is 0 Å². The van der Waals surface area contributed by atoms with E-state index in [9.17, 15) is 14.3 Å². The van der Waals surface area contributed by atoms with E-state index in [4.69, 9.17) is 0 Å². The van der Waals surface area contributed by atoms with Crippen LogP contribution >= 0.6 is 0 Å². The standard InChI is InChI=1S/C21H27FN6O2/c1-12(2)27-15-7-16(17-10-24-19-6-13(3)8-26-28(17)19)23-9-14(15)20(29)25-11-18(22)21(4,5)30/h6-10,12,18,30H,11H2,1-5H3,(H,23,27)(H,25,29)/t18-/m1/s1. The van der Waals surface area contributed by atoms with E-state index in [0.29, 0.717) is 22.7 Å². The molecule has 0 fully saturated rings. The minimum absolute atomic E-state index is 0.0556. The van der Waals surface area contributed by atoms with E-state index in [1.165, 1.54) is 20.0 Å². The topological polar surface area (TPSA) is 104 Å². The van der Waals surface area contributed by atoms with Gasteiger partial charge in [-0.2, -0.15) is 5.10 Å². The number of alkyl halides is 1. The quantitative estimate of drug-likeness (QED) is 0.549. The van der Waals surface area contributed by atoms with Crippen LogP contribution in [0.3, 0.4) is 0 Å². The van der Waals surface area contributed by atoms with E-state index in [-0.39, 0.29) is 18.2 Å². The Balaban J connectivity index is 1.92. The Kier molecular flexibility index (Phi) is 6.02. The molecule has 1 atom stereocenters. The molecule has 0 unspecified atom stereocenters. The fraction of sp³-hybridized carbons (Fsp3) is 0.429. The second-order valence-corrected chi connectivity index (χ2v) is 8.19. The first-order valence-corrected chi connectivity index (χ1v) is 9.78. The summed E-state index contributed by atoms with van der Waals surface area (Å²) in [6.07, 6.45) is 3.27. The number of aromatic nitrogens is 4. The number of hydrogen-bond donors (Lipinski definition) is 3. The number of amides is 1. The first-order valence-electron chi connectivity index (χ1n) is 9.78. The van der Waals surface area contributed by atoms with Gasteiger partial charge in [-0.05, 0) is 52.3 Å². The summed E-state index contributed by atoms with van der Waals surface area (Å²) in [4.78, 5) is 21.4. The second kappa shape index (κ2) is 8.35. The fourth-order valence-electron chi connectivity index (χ4n) is 2.88. The molecule has 0 aromatic carbocycles. The van der Waals surface area contributed by atoms with E-state index in [2.05, 4.69) is 25.7 Å². The maximum atomic E-state index is 14.0. The van der Waals surface area contributed by atoms with Gasteiger partial charge in [-0.3, -0.25) is 9.78 Å². The molecule has 0 aliphatic rings. The van der Waals surface area contributed by atoms with Gasteiger partial charge >= 0.3 is 0 Å². The lowest BCUT2D eigenvalue weighted by Crippen LogP contribution is -2.42. The van der Waals surface area contributed by atoms with Crippen LogP contribution in [0, 0.1) is 6.92 Å². The second-order valence-electron chi connectivity index (χ2n) is 8.19. The third kappa shape index (κ3) is 4.73. The molecule has 0 aliphatic heterocycles. The number of fused-ring (bicyclic) bond motifs is 1. The number of nitrogens with one attached hydrogen (secondary N) is 2. The van der Waals surface area contributed by atoms with Gasteiger partial charge in [0.05, 0.1) is 41.5 Å². The molecular weight excluding hydrogens is 387 g/mol. The summed E-state index contributed by atoms with van der Waals surface area (Å²) >= 11 is 0. The highest BCUT2D eigenvalue weighted by molar-refractivity contribution is 6.00. The molecule has 0 bridgehead atoms. The summed E-state index contributed by atoms with van der Waals surface area (Å²) in [5.41, 5.74) is 2.30. The smallest absolute Gasteiger partial charge is 0.255 e. The molecule has 8 nitrogen and oxygen atoms in total. The van der Waals surface area contributed by atoms with E-state index in [0.717, 1.165) is 5.56 Å². The van der Waals surface area contributed by atoms with Gasteiger partial charge in [0.2, 0.25) is 0 Å². The van der Waals surface area contributed by atoms with Gasteiger partial charge in [0.25, 0.3) is 5.91 Å². The van der Waals surface area contributed by atoms with Crippen molar-refractivity contribution in [2.45, 2.75) is 52.4 Å². The molecule has 160 valence electrons. The Bertz CT molecular complexity index is 1060. The number of aliphatic hydroxyl groups is 1. The molecule has 3 rings (SSSR count). The van der Waals surface area contributed by atoms with Crippen molar-refractivity contribution in [3.63, 3.8) is 0 Å². The summed E-state index contributed by atoms with van der Waals surface area (Å²) in [6.45, 7) is 8.26. The van der Waals surface area contributed by atoms with Crippen molar-refractivity contribution >= 4 is 17.2 Å². The first-order chi connectivity index (χ1) is 14.1. The number of anilines is 1. The number of imidazole rings is 1. The molecule has 3 aromatic rings. The summed E-state index contributed by atoms with van der Waals surface area (Å²) in [7, 11) is 0. The maximum absolute atomic E-state index is 14.0. The first kappa shape index (κ1) is 21.6. The van der Waals surface area contributed by atoms with Crippen molar-refractivity contribution in [2.24, 2.45) is 0 Å². The lowest BCUT2D eigenvalue weighted by Gasteiger charge is -2.23. The van der Waals surface area contributed by atoms with Crippen molar-refractivity contribution in [3.05, 3.63) is 41.9 Å². The summed E-state index contributed by atoms with van der Waals surface area (Å²) < 4.78 is 15.7. The lowest BCUT2D eigenvalue weighted by atomic mass is 10.0. The molecule has 30 heavy (non-hydrogen) atoms. The number of halogens is 1. The molecule has 0 saturated carbocycles. The minimum Gasteiger partial charge on any atom is -0.387 e. The largest absolute Gasteiger partial charge is 0.387 e. The normalized spacial score (nSPS) is 12.9. The van der Waals surface area contributed by atoms with Gasteiger partial charge in [0.1, 0.15) is 11.9 Å². The SMILES string of the molecule is Cc1cnn2c(-c3cc(NC(C)C)c(C(=O)NC[C@@H](F)C(C)(C)O)cn3)cnc2c1. The third-order valence-corrected chi connectivity index (χ3v) is 4.56. The summed E-state index contributed by atoms with van der Waals surface area (Å²) in [5.74, 6) is -0.476. The van der Waals surface area contributed by atoms with Crippen LogP contribution in [0.5, 0.6) is 0 Å². The molecule has 3 aromatic heterocycles. The van der Waals surface area contributed by atoms with Gasteiger partial charge < -0.3 is 15.7 Å². The van der Waals surface area contributed by atoms with Crippen LogP contribution in [-0.2, 0) is 0 Å². The van der Waals surface area contributed by atoms with E-state index < -0.39 is 17.7 Å². The Hall–Kier alpha value is -3.07. The van der Waals surface area contributed by atoms with Crippen LogP contribution in [0.2, 0.25) is 0 Å². The van der Waals surface area contributed by atoms with Gasteiger partial charge in [-0.15, -0.1) is 0 Å². The molecular formula is C21H27FN6O2. The zero-order valence-electron chi connectivity index (χ0n) is 17.8. The molecule has 0 spiro atoms. The van der Waals surface area contributed by atoms with Crippen molar-refractivity contribution in [1.82, 2.24) is 24.9 Å². The average Bonchev–Trinajstić information content (AvgIpc) is 3.07. The van der Waals surface area contributed by atoms with Crippen molar-refractivity contribution in [3.8, 4) is 11.4 Å². The van der Waals surface area contributed by atoms with E-state index >= 15 is 0 Å². The molecule has 9 heteroatoms. The van der Waals surface area contributed by atoms with E-state index in [1.807, 2.05) is 26.8 Å². The molecule has 0 saturated heterocycles. The highest BCUT2D eigenvalue weighted by Gasteiger charge is 2.27. The van der Waals surface area contributed by atoms with Crippen LogP contribution < -0.4 is 10.6 Å². The molecule has 0 radical (unpaired) electrons. The highest BCUT2D eigenvalue weighted by atomic mass is 19.1. The van der Waals surface area contributed by atoms with Crippen LogP contribution in [0.4, 0.5) is 10.1 Å². The Morgan fingerprint density at radius 3 is 2.63 bits per heavy atom. The van der Waals surface area contributed by atoms with Crippen molar-refractivity contribution in [2.75, 3.05) is 11.9 Å². The Labute approximate surface area is 174 Å². The maximum Gasteiger partial charge on any atom is 0.255 e. The number of carbonyl (C=O) groups excluding carboxylic acids is 1. The van der Waals surface area contributed by atoms with Crippen molar-refractivity contribution < 1.29 is 14.3 Å². The Morgan fingerprint density at radius 2 is 1.97 bits per heavy atom. The highest BCUT2D eigenvalue weighted by Crippen LogP contribution is 2.25. The van der Waals surface area contributed by atoms with Crippen LogP contribution in [-0.4, -0.2) is 55.0 Å². The zero-order chi connectivity index (χ0) is 22.1. The molecule has 3 N–H and O–H groups in total.